The maximum Gasteiger partial charge on any atom is 0.399 e. The van der Waals surface area contributed by atoms with E-state index in [1.807, 2.05) is 42.5 Å². The molecule has 0 spiro atoms. The van der Waals surface area contributed by atoms with E-state index in [4.69, 9.17) is 14.3 Å². The Labute approximate surface area is 103 Å². The molecule has 4 heteroatoms. The Hall–Kier alpha value is -2.33. The zero-order valence-electron chi connectivity index (χ0n) is 9.54. The maximum atomic E-state index is 8.88. The van der Waals surface area contributed by atoms with Crippen molar-refractivity contribution >= 4 is 10.8 Å². The molecule has 0 bridgehead atoms. The van der Waals surface area contributed by atoms with Crippen molar-refractivity contribution in [2.45, 2.75) is 6.61 Å². The molecule has 0 unspecified atom stereocenters. The topological polar surface area (TPSA) is 55.5 Å². The lowest BCUT2D eigenvalue weighted by molar-refractivity contribution is 0.276. The quantitative estimate of drug-likeness (QED) is 0.765. The first-order valence-electron chi connectivity index (χ1n) is 5.57. The minimum absolute atomic E-state index is 0.134. The van der Waals surface area contributed by atoms with Crippen LogP contribution in [0.4, 0.5) is 0 Å². The fourth-order valence-electron chi connectivity index (χ4n) is 1.74. The molecule has 1 aromatic heterocycles. The van der Waals surface area contributed by atoms with Crippen LogP contribution in [-0.2, 0) is 6.61 Å². The van der Waals surface area contributed by atoms with Crippen LogP contribution >= 0.6 is 0 Å². The van der Waals surface area contributed by atoms with Crippen LogP contribution < -0.4 is 4.74 Å². The molecule has 0 aliphatic heterocycles. The molecule has 18 heavy (non-hydrogen) atoms. The lowest BCUT2D eigenvalue weighted by Crippen LogP contribution is -1.86. The van der Waals surface area contributed by atoms with Gasteiger partial charge < -0.3 is 14.3 Å². The number of ether oxygens (including phenoxy) is 1. The van der Waals surface area contributed by atoms with Crippen molar-refractivity contribution in [2.75, 3.05) is 0 Å². The number of hydrogen-bond donors (Lipinski definition) is 1. The standard InChI is InChI=1S/C14H11NO3/c16-8-12-9-17-14(15-12)18-13-6-5-10-3-1-2-4-11(10)7-13/h1-7,9,16H,8H2. The number of aliphatic hydroxyl groups excluding tert-OH is 1. The van der Waals surface area contributed by atoms with E-state index in [2.05, 4.69) is 4.98 Å². The second-order valence-electron chi connectivity index (χ2n) is 3.87. The van der Waals surface area contributed by atoms with Gasteiger partial charge in [0.1, 0.15) is 17.7 Å². The lowest BCUT2D eigenvalue weighted by atomic mass is 10.1. The molecule has 3 rings (SSSR count). The monoisotopic (exact) mass is 241 g/mol. The van der Waals surface area contributed by atoms with E-state index in [0.717, 1.165) is 10.8 Å². The molecule has 1 heterocycles. The molecule has 90 valence electrons. The number of nitrogens with zero attached hydrogens (tertiary/aromatic N) is 1. The Morgan fingerprint density at radius 2 is 1.94 bits per heavy atom. The SMILES string of the molecule is OCc1coc(Oc2ccc3ccccc3c2)n1. The van der Waals surface area contributed by atoms with Crippen LogP contribution in [0.1, 0.15) is 5.69 Å². The van der Waals surface area contributed by atoms with E-state index in [1.54, 1.807) is 0 Å². The third-order valence-electron chi connectivity index (χ3n) is 2.62. The number of hydrogen-bond acceptors (Lipinski definition) is 4. The van der Waals surface area contributed by atoms with E-state index in [-0.39, 0.29) is 12.7 Å². The van der Waals surface area contributed by atoms with Crippen molar-refractivity contribution < 1.29 is 14.3 Å². The molecule has 0 amide bonds. The third kappa shape index (κ3) is 2.06. The van der Waals surface area contributed by atoms with Crippen LogP contribution in [0.25, 0.3) is 10.8 Å². The van der Waals surface area contributed by atoms with Gasteiger partial charge in [-0.2, -0.15) is 4.98 Å². The van der Waals surface area contributed by atoms with Gasteiger partial charge in [-0.15, -0.1) is 0 Å². The van der Waals surface area contributed by atoms with Crippen molar-refractivity contribution in [2.24, 2.45) is 0 Å². The van der Waals surface area contributed by atoms with E-state index < -0.39 is 0 Å². The molecule has 0 aliphatic rings. The first-order chi connectivity index (χ1) is 8.85. The highest BCUT2D eigenvalue weighted by atomic mass is 16.6. The Bertz CT molecular complexity index is 675. The summed E-state index contributed by atoms with van der Waals surface area (Å²) in [4.78, 5) is 3.97. The van der Waals surface area contributed by atoms with E-state index in [9.17, 15) is 0 Å². The largest absolute Gasteiger partial charge is 0.417 e. The molecule has 0 fully saturated rings. The smallest absolute Gasteiger partial charge is 0.399 e. The van der Waals surface area contributed by atoms with Gasteiger partial charge in [-0.25, -0.2) is 0 Å². The molecule has 0 saturated heterocycles. The predicted molar refractivity (Wildman–Crippen MR) is 66.4 cm³/mol. The summed E-state index contributed by atoms with van der Waals surface area (Å²) in [5.41, 5.74) is 0.450. The van der Waals surface area contributed by atoms with Gasteiger partial charge >= 0.3 is 6.08 Å². The van der Waals surface area contributed by atoms with E-state index in [0.29, 0.717) is 11.4 Å². The molecule has 0 saturated carbocycles. The van der Waals surface area contributed by atoms with Crippen LogP contribution in [0, 0.1) is 0 Å². The van der Waals surface area contributed by atoms with Gasteiger partial charge in [0.2, 0.25) is 0 Å². The zero-order chi connectivity index (χ0) is 12.4. The maximum absolute atomic E-state index is 8.88. The summed E-state index contributed by atoms with van der Waals surface area (Å²) in [6.07, 6.45) is 1.51. The molecule has 0 atom stereocenters. The molecule has 3 aromatic rings. The summed E-state index contributed by atoms with van der Waals surface area (Å²) in [7, 11) is 0. The number of aliphatic hydroxyl groups is 1. The van der Waals surface area contributed by atoms with Crippen LogP contribution in [0.15, 0.2) is 53.1 Å². The summed E-state index contributed by atoms with van der Waals surface area (Å²) in [6.45, 7) is -0.162. The van der Waals surface area contributed by atoms with Crippen LogP contribution in [-0.4, -0.2) is 10.1 Å². The fraction of sp³-hybridized carbons (Fsp3) is 0.0714. The van der Waals surface area contributed by atoms with Gasteiger partial charge in [0.15, 0.2) is 0 Å². The lowest BCUT2D eigenvalue weighted by Gasteiger charge is -2.02. The number of oxazole rings is 1. The highest BCUT2D eigenvalue weighted by Gasteiger charge is 2.05. The molecule has 4 nitrogen and oxygen atoms in total. The van der Waals surface area contributed by atoms with Crippen LogP contribution in [0.5, 0.6) is 11.8 Å². The fourth-order valence-corrected chi connectivity index (χ4v) is 1.74. The van der Waals surface area contributed by atoms with E-state index >= 15 is 0 Å². The van der Waals surface area contributed by atoms with Crippen LogP contribution in [0.3, 0.4) is 0 Å². The third-order valence-corrected chi connectivity index (χ3v) is 2.62. The average Bonchev–Trinajstić information content (AvgIpc) is 2.86. The van der Waals surface area contributed by atoms with Crippen molar-refractivity contribution in [3.05, 3.63) is 54.4 Å². The van der Waals surface area contributed by atoms with Gasteiger partial charge in [-0.05, 0) is 22.9 Å². The number of benzene rings is 2. The van der Waals surface area contributed by atoms with E-state index in [1.165, 1.54) is 6.26 Å². The predicted octanol–water partition coefficient (Wildman–Crippen LogP) is 3.11. The first kappa shape index (κ1) is 10.8. The van der Waals surface area contributed by atoms with Gasteiger partial charge in [0.25, 0.3) is 0 Å². The Kier molecular flexibility index (Phi) is 2.70. The first-order valence-corrected chi connectivity index (χ1v) is 5.57. The second-order valence-corrected chi connectivity index (χ2v) is 3.87. The summed E-state index contributed by atoms with van der Waals surface area (Å²) in [5.74, 6) is 0.653. The normalized spacial score (nSPS) is 10.7. The summed E-state index contributed by atoms with van der Waals surface area (Å²) >= 11 is 0. The van der Waals surface area contributed by atoms with Gasteiger partial charge in [0.05, 0.1) is 6.61 Å². The molecular weight excluding hydrogens is 230 g/mol. The summed E-state index contributed by atoms with van der Waals surface area (Å²) < 4.78 is 10.6. The molecule has 2 aromatic carbocycles. The zero-order valence-corrected chi connectivity index (χ0v) is 9.54. The number of rotatable bonds is 3. The Balaban J connectivity index is 1.90. The second kappa shape index (κ2) is 4.50. The van der Waals surface area contributed by atoms with Gasteiger partial charge in [0, 0.05) is 0 Å². The van der Waals surface area contributed by atoms with Crippen molar-refractivity contribution in [1.82, 2.24) is 4.98 Å². The minimum Gasteiger partial charge on any atom is -0.417 e. The van der Waals surface area contributed by atoms with Gasteiger partial charge in [-0.3, -0.25) is 0 Å². The van der Waals surface area contributed by atoms with Gasteiger partial charge in [-0.1, -0.05) is 30.3 Å². The Morgan fingerprint density at radius 1 is 1.11 bits per heavy atom. The molecule has 1 N–H and O–H groups in total. The molecule has 0 radical (unpaired) electrons. The highest BCUT2D eigenvalue weighted by molar-refractivity contribution is 5.83. The Morgan fingerprint density at radius 3 is 2.72 bits per heavy atom. The minimum atomic E-state index is -0.162. The highest BCUT2D eigenvalue weighted by Crippen LogP contribution is 2.25. The number of fused-ring (bicyclic) bond motifs is 1. The van der Waals surface area contributed by atoms with Crippen molar-refractivity contribution in [3.63, 3.8) is 0 Å². The van der Waals surface area contributed by atoms with Crippen molar-refractivity contribution in [1.29, 1.82) is 0 Å². The van der Waals surface area contributed by atoms with Crippen LogP contribution in [0.2, 0.25) is 0 Å². The molecular formula is C14H11NO3. The van der Waals surface area contributed by atoms with Crippen molar-refractivity contribution in [3.8, 4) is 11.8 Å². The summed E-state index contributed by atoms with van der Waals surface area (Å²) in [6, 6.07) is 13.8. The molecule has 0 aliphatic carbocycles. The number of aromatic nitrogens is 1. The average molecular weight is 241 g/mol. The summed E-state index contributed by atoms with van der Waals surface area (Å²) in [5, 5.41) is 11.1.